The van der Waals surface area contributed by atoms with Crippen LogP contribution < -0.4 is 5.32 Å². The first-order chi connectivity index (χ1) is 7.22. The normalized spacial score (nSPS) is 16.3. The molecule has 0 fully saturated rings. The topological polar surface area (TPSA) is 46.2 Å². The van der Waals surface area contributed by atoms with Crippen LogP contribution in [0.25, 0.3) is 5.70 Å². The third kappa shape index (κ3) is 1.68. The monoisotopic (exact) mass is 201 g/mol. The molecule has 1 aromatic rings. The van der Waals surface area contributed by atoms with Gasteiger partial charge in [0.15, 0.2) is 5.78 Å². The smallest absolute Gasteiger partial charge is 0.256 e. The zero-order valence-electron chi connectivity index (χ0n) is 8.41. The third-order valence-corrected chi connectivity index (χ3v) is 2.36. The Morgan fingerprint density at radius 1 is 1.33 bits per heavy atom. The fourth-order valence-corrected chi connectivity index (χ4v) is 1.55. The molecule has 1 aliphatic rings. The third-order valence-electron chi connectivity index (χ3n) is 2.36. The lowest BCUT2D eigenvalue weighted by molar-refractivity contribution is -0.114. The minimum absolute atomic E-state index is 0.0157. The molecule has 0 unspecified atom stereocenters. The number of rotatable bonds is 2. The maximum Gasteiger partial charge on any atom is 0.256 e. The molecule has 2 rings (SSSR count). The van der Waals surface area contributed by atoms with E-state index in [1.165, 1.54) is 6.08 Å². The zero-order valence-corrected chi connectivity index (χ0v) is 8.41. The van der Waals surface area contributed by atoms with E-state index in [0.717, 1.165) is 5.56 Å². The van der Waals surface area contributed by atoms with E-state index in [1.807, 2.05) is 18.2 Å². The molecule has 0 saturated carbocycles. The van der Waals surface area contributed by atoms with E-state index < -0.39 is 0 Å². The molecule has 3 nitrogen and oxygen atoms in total. The fraction of sp³-hybridized carbons (Fsp3) is 0.167. The number of benzene rings is 1. The van der Waals surface area contributed by atoms with Crippen LogP contribution in [0, 0.1) is 0 Å². The van der Waals surface area contributed by atoms with Crippen molar-refractivity contribution in [2.75, 3.05) is 0 Å². The van der Waals surface area contributed by atoms with Gasteiger partial charge < -0.3 is 5.32 Å². The summed E-state index contributed by atoms with van der Waals surface area (Å²) in [6, 6.07) is 7.25. The van der Waals surface area contributed by atoms with Gasteiger partial charge in [-0.1, -0.05) is 25.1 Å². The molecule has 0 aliphatic carbocycles. The average Bonchev–Trinajstić information content (AvgIpc) is 2.57. The number of hydrogen-bond acceptors (Lipinski definition) is 2. The summed E-state index contributed by atoms with van der Waals surface area (Å²) in [5.41, 5.74) is 2.06. The first kappa shape index (κ1) is 9.65. The maximum atomic E-state index is 11.5. The Morgan fingerprint density at radius 3 is 2.67 bits per heavy atom. The van der Waals surface area contributed by atoms with Crippen LogP contribution in [0.5, 0.6) is 0 Å². The summed E-state index contributed by atoms with van der Waals surface area (Å²) in [6.45, 7) is 1.79. The number of allylic oxidation sites excluding steroid dienone is 1. The van der Waals surface area contributed by atoms with Crippen LogP contribution in [-0.2, 0) is 4.79 Å². The summed E-state index contributed by atoms with van der Waals surface area (Å²) in [5.74, 6) is -0.122. The van der Waals surface area contributed by atoms with Crippen LogP contribution in [0.3, 0.4) is 0 Å². The molecule has 0 radical (unpaired) electrons. The van der Waals surface area contributed by atoms with Crippen molar-refractivity contribution in [1.29, 1.82) is 0 Å². The summed E-state index contributed by atoms with van der Waals surface area (Å²) < 4.78 is 0. The molecule has 1 aliphatic heterocycles. The molecule has 76 valence electrons. The fourth-order valence-electron chi connectivity index (χ4n) is 1.55. The minimum Gasteiger partial charge on any atom is -0.321 e. The quantitative estimate of drug-likeness (QED) is 0.741. The van der Waals surface area contributed by atoms with Gasteiger partial charge in [0, 0.05) is 23.6 Å². The van der Waals surface area contributed by atoms with Crippen LogP contribution in [0.1, 0.15) is 29.3 Å². The van der Waals surface area contributed by atoms with Gasteiger partial charge in [-0.25, -0.2) is 0 Å². The van der Waals surface area contributed by atoms with Crippen LogP contribution in [0.15, 0.2) is 30.3 Å². The van der Waals surface area contributed by atoms with Gasteiger partial charge in [0.2, 0.25) is 0 Å². The largest absolute Gasteiger partial charge is 0.321 e. The van der Waals surface area contributed by atoms with Crippen molar-refractivity contribution in [2.45, 2.75) is 13.3 Å². The second-order valence-corrected chi connectivity index (χ2v) is 3.38. The number of hydrogen-bond donors (Lipinski definition) is 1. The number of ketones is 1. The summed E-state index contributed by atoms with van der Waals surface area (Å²) in [7, 11) is 0. The SMILES string of the molecule is CCC(=O)/C=C1\NC(=O)c2ccccc21. The van der Waals surface area contributed by atoms with Crippen LogP contribution in [-0.4, -0.2) is 11.7 Å². The van der Waals surface area contributed by atoms with E-state index in [-0.39, 0.29) is 11.7 Å². The highest BCUT2D eigenvalue weighted by Gasteiger charge is 2.22. The van der Waals surface area contributed by atoms with Crippen molar-refractivity contribution < 1.29 is 9.59 Å². The van der Waals surface area contributed by atoms with Crippen LogP contribution >= 0.6 is 0 Å². The van der Waals surface area contributed by atoms with E-state index in [2.05, 4.69) is 5.32 Å². The summed E-state index contributed by atoms with van der Waals surface area (Å²) in [5, 5.41) is 2.69. The minimum atomic E-state index is -0.138. The molecule has 0 saturated heterocycles. The first-order valence-corrected chi connectivity index (χ1v) is 4.87. The van der Waals surface area contributed by atoms with E-state index in [1.54, 1.807) is 13.0 Å². The highest BCUT2D eigenvalue weighted by Crippen LogP contribution is 2.23. The average molecular weight is 201 g/mol. The lowest BCUT2D eigenvalue weighted by Gasteiger charge is -1.97. The number of nitrogens with one attached hydrogen (secondary N) is 1. The molecule has 1 heterocycles. The highest BCUT2D eigenvalue weighted by molar-refractivity contribution is 6.12. The second-order valence-electron chi connectivity index (χ2n) is 3.38. The van der Waals surface area contributed by atoms with Gasteiger partial charge in [0.1, 0.15) is 0 Å². The van der Waals surface area contributed by atoms with Crippen molar-refractivity contribution in [2.24, 2.45) is 0 Å². The van der Waals surface area contributed by atoms with Gasteiger partial charge in [-0.2, -0.15) is 0 Å². The van der Waals surface area contributed by atoms with Gasteiger partial charge >= 0.3 is 0 Å². The molecule has 1 amide bonds. The Balaban J connectivity index is 2.45. The zero-order chi connectivity index (χ0) is 10.8. The van der Waals surface area contributed by atoms with Gasteiger partial charge in [-0.05, 0) is 6.07 Å². The number of carbonyl (C=O) groups excluding carboxylic acids is 2. The van der Waals surface area contributed by atoms with Gasteiger partial charge in [-0.3, -0.25) is 9.59 Å². The van der Waals surface area contributed by atoms with E-state index in [9.17, 15) is 9.59 Å². The Hall–Kier alpha value is -1.90. The van der Waals surface area contributed by atoms with E-state index in [4.69, 9.17) is 0 Å². The summed E-state index contributed by atoms with van der Waals surface area (Å²) >= 11 is 0. The highest BCUT2D eigenvalue weighted by atomic mass is 16.2. The molecular formula is C12H11NO2. The van der Waals surface area contributed by atoms with E-state index in [0.29, 0.717) is 17.7 Å². The standard InChI is InChI=1S/C12H11NO2/c1-2-8(14)7-11-9-5-3-4-6-10(9)12(15)13-11/h3-7H,2H2,1H3,(H,13,15)/b11-7-. The lowest BCUT2D eigenvalue weighted by Crippen LogP contribution is -2.12. The predicted molar refractivity (Wildman–Crippen MR) is 57.2 cm³/mol. The maximum absolute atomic E-state index is 11.5. The van der Waals surface area contributed by atoms with Gasteiger partial charge in [0.25, 0.3) is 5.91 Å². The van der Waals surface area contributed by atoms with Crippen molar-refractivity contribution in [1.82, 2.24) is 5.32 Å². The number of amides is 1. The van der Waals surface area contributed by atoms with Crippen LogP contribution in [0.4, 0.5) is 0 Å². The van der Waals surface area contributed by atoms with Gasteiger partial charge in [0.05, 0.1) is 5.70 Å². The first-order valence-electron chi connectivity index (χ1n) is 4.87. The molecule has 0 spiro atoms. The Bertz CT molecular complexity index is 460. The Labute approximate surface area is 87.8 Å². The molecule has 0 aromatic heterocycles. The van der Waals surface area contributed by atoms with E-state index >= 15 is 0 Å². The van der Waals surface area contributed by atoms with Gasteiger partial charge in [-0.15, -0.1) is 0 Å². The Morgan fingerprint density at radius 2 is 2.00 bits per heavy atom. The molecule has 1 aromatic carbocycles. The summed E-state index contributed by atoms with van der Waals surface area (Å²) in [6.07, 6.45) is 1.94. The van der Waals surface area contributed by atoms with Crippen molar-refractivity contribution in [3.05, 3.63) is 41.5 Å². The molecule has 15 heavy (non-hydrogen) atoms. The van der Waals surface area contributed by atoms with Crippen molar-refractivity contribution in [3.8, 4) is 0 Å². The lowest BCUT2D eigenvalue weighted by atomic mass is 10.1. The Kier molecular flexibility index (Phi) is 2.37. The predicted octanol–water partition coefficient (Wildman–Crippen LogP) is 1.75. The molecular weight excluding hydrogens is 190 g/mol. The second kappa shape index (κ2) is 3.69. The molecule has 0 atom stereocenters. The molecule has 3 heteroatoms. The van der Waals surface area contributed by atoms with Crippen LogP contribution in [0.2, 0.25) is 0 Å². The molecule has 0 bridgehead atoms. The molecule has 1 N–H and O–H groups in total. The number of fused-ring (bicyclic) bond motifs is 1. The van der Waals surface area contributed by atoms with Crippen molar-refractivity contribution >= 4 is 17.4 Å². The summed E-state index contributed by atoms with van der Waals surface area (Å²) in [4.78, 5) is 22.7. The number of carbonyl (C=O) groups is 2. The van der Waals surface area contributed by atoms with Crippen molar-refractivity contribution in [3.63, 3.8) is 0 Å².